The Morgan fingerprint density at radius 3 is 2.42 bits per heavy atom. The highest BCUT2D eigenvalue weighted by Crippen LogP contribution is 2.25. The lowest BCUT2D eigenvalue weighted by Gasteiger charge is -2.38. The molecule has 0 aliphatic carbocycles. The van der Waals surface area contributed by atoms with E-state index in [0.717, 1.165) is 0 Å². The second kappa shape index (κ2) is 5.62. The summed E-state index contributed by atoms with van der Waals surface area (Å²) in [5.74, 6) is -0.528. The highest BCUT2D eigenvalue weighted by Gasteiger charge is 2.40. The summed E-state index contributed by atoms with van der Waals surface area (Å²) < 4.78 is 10.5. The number of carbonyl (C=O) groups excluding carboxylic acids is 1. The number of carbonyl (C=O) groups is 1. The molecule has 2 N–H and O–H groups in total. The average Bonchev–Trinajstić information content (AvgIpc) is 2.74. The lowest BCUT2D eigenvalue weighted by Crippen LogP contribution is -2.53. The number of thiophene rings is 1. The summed E-state index contributed by atoms with van der Waals surface area (Å²) in [5, 5.41) is 21.8. The van der Waals surface area contributed by atoms with Crippen LogP contribution in [0.3, 0.4) is 0 Å². The van der Waals surface area contributed by atoms with Gasteiger partial charge < -0.3 is 19.5 Å². The van der Waals surface area contributed by atoms with Gasteiger partial charge in [0.05, 0.1) is 23.9 Å². The predicted molar refractivity (Wildman–Crippen MR) is 74.7 cm³/mol. The van der Waals surface area contributed by atoms with Gasteiger partial charge in [0.1, 0.15) is 0 Å². The highest BCUT2D eigenvalue weighted by molar-refractivity contribution is 7.21. The number of hydrogen-bond acceptors (Lipinski definition) is 6. The number of ether oxygens (including phenoxy) is 1. The normalized spacial score (nSPS) is 12.4. The van der Waals surface area contributed by atoms with E-state index in [-0.39, 0.29) is 5.56 Å². The molecule has 1 aromatic rings. The molecule has 0 radical (unpaired) electrons. The molecule has 5 nitrogen and oxygen atoms in total. The Bertz CT molecular complexity index is 449. The van der Waals surface area contributed by atoms with Crippen LogP contribution in [0.25, 0.3) is 0 Å². The van der Waals surface area contributed by atoms with Crippen molar-refractivity contribution in [3.63, 3.8) is 0 Å². The van der Waals surface area contributed by atoms with E-state index in [1.165, 1.54) is 18.4 Å². The molecule has 0 saturated heterocycles. The summed E-state index contributed by atoms with van der Waals surface area (Å²) in [6.45, 7) is 6.52. The number of rotatable bonds is 5. The molecule has 1 heterocycles. The maximum atomic E-state index is 11.5. The van der Waals surface area contributed by atoms with Crippen LogP contribution >= 0.6 is 11.3 Å². The van der Waals surface area contributed by atoms with E-state index < -0.39 is 24.3 Å². The summed E-state index contributed by atoms with van der Waals surface area (Å²) >= 11 is 1.20. The van der Waals surface area contributed by atoms with Crippen LogP contribution in [-0.4, -0.2) is 41.5 Å². The lowest BCUT2D eigenvalue weighted by molar-refractivity contribution is -0.0982. The second-order valence-electron chi connectivity index (χ2n) is 5.23. The number of esters is 1. The molecule has 0 aliphatic heterocycles. The second-order valence-corrected chi connectivity index (χ2v) is 6.18. The van der Waals surface area contributed by atoms with Crippen LogP contribution in [-0.2, 0) is 9.39 Å². The third-order valence-electron chi connectivity index (χ3n) is 3.20. The van der Waals surface area contributed by atoms with Crippen LogP contribution in [0.5, 0.6) is 0 Å². The van der Waals surface area contributed by atoms with Crippen LogP contribution in [0, 0.1) is 0 Å². The fourth-order valence-electron chi connectivity index (χ4n) is 1.27. The van der Waals surface area contributed by atoms with Gasteiger partial charge in [-0.3, -0.25) is 0 Å². The molecule has 0 unspecified atom stereocenters. The van der Waals surface area contributed by atoms with E-state index >= 15 is 0 Å². The topological polar surface area (TPSA) is 76.0 Å². The van der Waals surface area contributed by atoms with Crippen molar-refractivity contribution in [2.24, 2.45) is 0 Å². The maximum Gasteiger partial charge on any atom is 0.503 e. The Balaban J connectivity index is 2.94. The molecule has 0 fully saturated rings. The zero-order valence-electron chi connectivity index (χ0n) is 11.8. The summed E-state index contributed by atoms with van der Waals surface area (Å²) in [5.41, 5.74) is -1.85. The van der Waals surface area contributed by atoms with Gasteiger partial charge in [-0.2, -0.15) is 11.3 Å². The molecule has 0 amide bonds. The quantitative estimate of drug-likeness (QED) is 0.618. The smallest absolute Gasteiger partial charge is 0.465 e. The zero-order valence-corrected chi connectivity index (χ0v) is 12.6. The summed E-state index contributed by atoms with van der Waals surface area (Å²) in [6.07, 6.45) is 0. The fraction of sp³-hybridized carbons (Fsp3) is 0.583. The van der Waals surface area contributed by atoms with Gasteiger partial charge in [0, 0.05) is 4.78 Å². The van der Waals surface area contributed by atoms with E-state index in [4.69, 9.17) is 4.65 Å². The first kappa shape index (κ1) is 16.2. The first-order valence-corrected chi connectivity index (χ1v) is 6.72. The number of aliphatic hydroxyl groups is 1. The Hall–Kier alpha value is -0.885. The van der Waals surface area contributed by atoms with E-state index in [0.29, 0.717) is 4.78 Å². The minimum atomic E-state index is -1.30. The van der Waals surface area contributed by atoms with Crippen molar-refractivity contribution in [1.29, 1.82) is 0 Å². The summed E-state index contributed by atoms with van der Waals surface area (Å²) in [6, 6.07) is 1.56. The Morgan fingerprint density at radius 2 is 1.95 bits per heavy atom. The average molecular weight is 286 g/mol. The minimum absolute atomic E-state index is 0.270. The molecule has 1 aromatic heterocycles. The van der Waals surface area contributed by atoms with Gasteiger partial charge in [-0.05, 0) is 39.1 Å². The van der Waals surface area contributed by atoms with E-state index in [2.05, 4.69) is 4.74 Å². The first-order chi connectivity index (χ1) is 8.60. The lowest BCUT2D eigenvalue weighted by atomic mass is 9.80. The molecule has 7 heteroatoms. The van der Waals surface area contributed by atoms with Crippen LogP contribution < -0.4 is 4.78 Å². The third kappa shape index (κ3) is 3.57. The standard InChI is InChI=1S/C12H19BO5S/c1-11(2,15)12(3,4)18-13(16)9-8(6-7-19-9)10(14)17-5/h6-7,15-16H,1-5H3. The summed E-state index contributed by atoms with van der Waals surface area (Å²) in [7, 11) is -0.0202. The molecule has 0 bridgehead atoms. The molecule has 1 rings (SSSR count). The van der Waals surface area contributed by atoms with Gasteiger partial charge in [-0.15, -0.1) is 0 Å². The molecule has 0 atom stereocenters. The molecular formula is C12H19BO5S. The van der Waals surface area contributed by atoms with Crippen LogP contribution in [0.4, 0.5) is 0 Å². The Kier molecular flexibility index (Phi) is 4.79. The van der Waals surface area contributed by atoms with Crippen molar-refractivity contribution >= 4 is 29.2 Å². The SMILES string of the molecule is COC(=O)c1ccsc1B(O)OC(C)(C)C(C)(C)O. The van der Waals surface area contributed by atoms with Gasteiger partial charge >= 0.3 is 13.1 Å². The van der Waals surface area contributed by atoms with Crippen molar-refractivity contribution in [3.8, 4) is 0 Å². The number of methoxy groups -OCH3 is 1. The van der Waals surface area contributed by atoms with Crippen molar-refractivity contribution < 1.29 is 24.3 Å². The van der Waals surface area contributed by atoms with Gasteiger partial charge in [-0.1, -0.05) is 0 Å². The third-order valence-corrected chi connectivity index (χ3v) is 4.15. The van der Waals surface area contributed by atoms with Gasteiger partial charge in [0.15, 0.2) is 0 Å². The van der Waals surface area contributed by atoms with Crippen molar-refractivity contribution in [2.45, 2.75) is 38.9 Å². The highest BCUT2D eigenvalue weighted by atomic mass is 32.1. The predicted octanol–water partition coefficient (Wildman–Crippen LogP) is 0.788. The van der Waals surface area contributed by atoms with Gasteiger partial charge in [-0.25, -0.2) is 4.79 Å². The molecule has 0 saturated carbocycles. The molecule has 19 heavy (non-hydrogen) atoms. The maximum absolute atomic E-state index is 11.5. The van der Waals surface area contributed by atoms with Crippen molar-refractivity contribution in [3.05, 3.63) is 17.0 Å². The Labute approximate surface area is 117 Å². The van der Waals surface area contributed by atoms with Crippen LogP contribution in [0.1, 0.15) is 38.1 Å². The molecule has 0 aromatic carbocycles. The number of hydrogen-bond donors (Lipinski definition) is 2. The Morgan fingerprint density at radius 1 is 1.37 bits per heavy atom. The van der Waals surface area contributed by atoms with Crippen molar-refractivity contribution in [1.82, 2.24) is 0 Å². The van der Waals surface area contributed by atoms with E-state index in [9.17, 15) is 14.9 Å². The molecule has 0 spiro atoms. The largest absolute Gasteiger partial charge is 0.503 e. The van der Waals surface area contributed by atoms with E-state index in [1.54, 1.807) is 39.1 Å². The van der Waals surface area contributed by atoms with E-state index in [1.807, 2.05) is 0 Å². The monoisotopic (exact) mass is 286 g/mol. The van der Waals surface area contributed by atoms with Crippen molar-refractivity contribution in [2.75, 3.05) is 7.11 Å². The molecule has 0 aliphatic rings. The fourth-order valence-corrected chi connectivity index (χ4v) is 2.06. The summed E-state index contributed by atoms with van der Waals surface area (Å²) in [4.78, 5) is 11.5. The molecule has 106 valence electrons. The van der Waals surface area contributed by atoms with Gasteiger partial charge in [0.2, 0.25) is 0 Å². The minimum Gasteiger partial charge on any atom is -0.465 e. The van der Waals surface area contributed by atoms with Gasteiger partial charge in [0.25, 0.3) is 0 Å². The molecular weight excluding hydrogens is 267 g/mol. The van der Waals surface area contributed by atoms with Crippen LogP contribution in [0.2, 0.25) is 0 Å². The van der Waals surface area contributed by atoms with Crippen LogP contribution in [0.15, 0.2) is 11.4 Å². The zero-order chi connectivity index (χ0) is 14.8. The first-order valence-electron chi connectivity index (χ1n) is 5.84.